The van der Waals surface area contributed by atoms with E-state index in [-0.39, 0.29) is 46.2 Å². The first-order valence-electron chi connectivity index (χ1n) is 9.57. The number of furan rings is 1. The van der Waals surface area contributed by atoms with Gasteiger partial charge in [-0.25, -0.2) is 0 Å². The highest BCUT2D eigenvalue weighted by molar-refractivity contribution is 5.99. The van der Waals surface area contributed by atoms with Crippen LogP contribution in [0.2, 0.25) is 0 Å². The number of amides is 1. The molecule has 0 fully saturated rings. The average Bonchev–Trinajstić information content (AvgIpc) is 3.13. The van der Waals surface area contributed by atoms with Crippen LogP contribution in [0.3, 0.4) is 0 Å². The topological polar surface area (TPSA) is 112 Å². The second-order valence-corrected chi connectivity index (χ2v) is 7.83. The number of anilines is 3. The van der Waals surface area contributed by atoms with Crippen molar-refractivity contribution in [1.82, 2.24) is 4.90 Å². The summed E-state index contributed by atoms with van der Waals surface area (Å²) in [7, 11) is 3.14. The van der Waals surface area contributed by atoms with E-state index in [4.69, 9.17) is 4.42 Å². The summed E-state index contributed by atoms with van der Waals surface area (Å²) in [5.41, 5.74) is 0.0196. The first-order valence-corrected chi connectivity index (χ1v) is 9.57. The normalized spacial score (nSPS) is 12.2. The first-order chi connectivity index (χ1) is 14.1. The largest absolute Gasteiger partial charge is 0.505 e. The van der Waals surface area contributed by atoms with Crippen molar-refractivity contribution in [2.24, 2.45) is 5.92 Å². The number of rotatable bonds is 7. The zero-order valence-corrected chi connectivity index (χ0v) is 17.6. The number of phenols is 1. The third kappa shape index (κ3) is 3.80. The quantitative estimate of drug-likeness (QED) is 0.404. The number of carbonyl (C=O) groups is 1. The van der Waals surface area contributed by atoms with Gasteiger partial charge in [0.2, 0.25) is 0 Å². The fourth-order valence-corrected chi connectivity index (χ4v) is 3.18. The van der Waals surface area contributed by atoms with Crippen LogP contribution >= 0.6 is 0 Å². The molecule has 0 aliphatic heterocycles. The number of aromatic hydroxyl groups is 1. The third-order valence-electron chi connectivity index (χ3n) is 4.87. The molecule has 0 radical (unpaired) electrons. The van der Waals surface area contributed by atoms with Crippen LogP contribution < -0.4 is 21.5 Å². The zero-order valence-electron chi connectivity index (χ0n) is 17.6. The Labute approximate surface area is 173 Å². The van der Waals surface area contributed by atoms with Crippen LogP contribution in [0.1, 0.15) is 41.6 Å². The maximum Gasteiger partial charge on any atom is 0.257 e. The maximum atomic E-state index is 12.2. The second kappa shape index (κ2) is 8.06. The molecule has 0 saturated heterocycles. The lowest BCUT2D eigenvalue weighted by Gasteiger charge is -2.24. The SMILES string of the molecule is Cc1coc([C@H](Nc2c(Nc3cccc(C(=O)N(C)C)c3O)c(=O)c2=O)C(C)C)c1. The highest BCUT2D eigenvalue weighted by Crippen LogP contribution is 2.34. The Hall–Kier alpha value is -3.55. The molecule has 0 saturated carbocycles. The van der Waals surface area contributed by atoms with Crippen molar-refractivity contribution in [2.75, 3.05) is 24.7 Å². The molecule has 0 aliphatic carbocycles. The molecule has 0 aliphatic rings. The van der Waals surface area contributed by atoms with Gasteiger partial charge in [0.1, 0.15) is 17.1 Å². The summed E-state index contributed by atoms with van der Waals surface area (Å²) in [5, 5.41) is 16.4. The highest BCUT2D eigenvalue weighted by atomic mass is 16.3. The standard InChI is InChI=1S/C22H25N3O5/c1-11(2)16(15-9-12(3)10-30-15)24-18-17(20(27)21(18)28)23-14-8-6-7-13(19(14)26)22(29)25(4)5/h6-11,16,23-24,26H,1-5H3/t16-/m1/s1. The van der Waals surface area contributed by atoms with Gasteiger partial charge in [-0.05, 0) is 36.6 Å². The van der Waals surface area contributed by atoms with Crippen LogP contribution in [0, 0.1) is 12.8 Å². The van der Waals surface area contributed by atoms with E-state index in [1.54, 1.807) is 26.4 Å². The van der Waals surface area contributed by atoms with E-state index in [1.165, 1.54) is 17.0 Å². The predicted molar refractivity (Wildman–Crippen MR) is 115 cm³/mol. The highest BCUT2D eigenvalue weighted by Gasteiger charge is 2.28. The van der Waals surface area contributed by atoms with E-state index in [0.717, 1.165) is 5.56 Å². The number of hydrogen-bond acceptors (Lipinski definition) is 7. The van der Waals surface area contributed by atoms with Gasteiger partial charge in [0.15, 0.2) is 5.75 Å². The van der Waals surface area contributed by atoms with Gasteiger partial charge in [-0.15, -0.1) is 0 Å². The smallest absolute Gasteiger partial charge is 0.257 e. The molecule has 158 valence electrons. The van der Waals surface area contributed by atoms with Crippen LogP contribution in [0.15, 0.2) is 44.5 Å². The molecule has 3 aromatic rings. The van der Waals surface area contributed by atoms with Crippen LogP contribution in [0.5, 0.6) is 5.75 Å². The van der Waals surface area contributed by atoms with Crippen molar-refractivity contribution in [3.8, 4) is 5.75 Å². The van der Waals surface area contributed by atoms with Gasteiger partial charge in [0, 0.05) is 14.1 Å². The number of para-hydroxylation sites is 1. The number of aryl methyl sites for hydroxylation is 1. The second-order valence-electron chi connectivity index (χ2n) is 7.83. The molecule has 3 rings (SSSR count). The minimum atomic E-state index is -0.695. The van der Waals surface area contributed by atoms with Crippen LogP contribution in [0.25, 0.3) is 0 Å². The minimum Gasteiger partial charge on any atom is -0.505 e. The van der Waals surface area contributed by atoms with Gasteiger partial charge < -0.3 is 25.1 Å². The Morgan fingerprint density at radius 1 is 1.13 bits per heavy atom. The fraction of sp³-hybridized carbons (Fsp3) is 0.318. The molecule has 8 heteroatoms. The van der Waals surface area contributed by atoms with Crippen LogP contribution in [-0.2, 0) is 0 Å². The summed E-state index contributed by atoms with van der Waals surface area (Å²) in [5.74, 6) is 0.0509. The van der Waals surface area contributed by atoms with Gasteiger partial charge in [-0.1, -0.05) is 19.9 Å². The molecule has 0 unspecified atom stereocenters. The van der Waals surface area contributed by atoms with E-state index in [1.807, 2.05) is 26.8 Å². The summed E-state index contributed by atoms with van der Waals surface area (Å²) in [4.78, 5) is 38.0. The average molecular weight is 411 g/mol. The third-order valence-corrected chi connectivity index (χ3v) is 4.87. The molecule has 1 amide bonds. The number of benzene rings is 1. The molecule has 1 heterocycles. The Kier molecular flexibility index (Phi) is 5.69. The maximum absolute atomic E-state index is 12.2. The van der Waals surface area contributed by atoms with Gasteiger partial charge in [-0.3, -0.25) is 14.4 Å². The van der Waals surface area contributed by atoms with Crippen molar-refractivity contribution >= 4 is 23.0 Å². The Morgan fingerprint density at radius 2 is 1.80 bits per heavy atom. The summed E-state index contributed by atoms with van der Waals surface area (Å²) >= 11 is 0. The lowest BCUT2D eigenvalue weighted by Crippen LogP contribution is -2.38. The number of nitrogens with zero attached hydrogens (tertiary/aromatic N) is 1. The molecule has 0 spiro atoms. The van der Waals surface area contributed by atoms with Crippen molar-refractivity contribution in [3.05, 3.63) is 67.9 Å². The Balaban J connectivity index is 1.93. The minimum absolute atomic E-state index is 0.0404. The Morgan fingerprint density at radius 3 is 2.37 bits per heavy atom. The Bertz CT molecular complexity index is 1150. The van der Waals surface area contributed by atoms with Gasteiger partial charge in [0.25, 0.3) is 16.8 Å². The van der Waals surface area contributed by atoms with Crippen molar-refractivity contribution in [1.29, 1.82) is 0 Å². The van der Waals surface area contributed by atoms with E-state index >= 15 is 0 Å². The first kappa shape index (κ1) is 21.2. The van der Waals surface area contributed by atoms with Crippen molar-refractivity contribution in [3.63, 3.8) is 0 Å². The van der Waals surface area contributed by atoms with E-state index in [0.29, 0.717) is 5.76 Å². The molecule has 2 aromatic carbocycles. The van der Waals surface area contributed by atoms with E-state index < -0.39 is 10.9 Å². The van der Waals surface area contributed by atoms with E-state index in [2.05, 4.69) is 10.6 Å². The number of nitrogens with one attached hydrogen (secondary N) is 2. The molecule has 3 N–H and O–H groups in total. The molecular weight excluding hydrogens is 386 g/mol. The number of hydrogen-bond donors (Lipinski definition) is 3. The van der Waals surface area contributed by atoms with Gasteiger partial charge in [0.05, 0.1) is 23.6 Å². The molecule has 0 bridgehead atoms. The summed E-state index contributed by atoms with van der Waals surface area (Å²) < 4.78 is 5.57. The number of carbonyl (C=O) groups excluding carboxylic acids is 1. The van der Waals surface area contributed by atoms with Gasteiger partial charge in [-0.2, -0.15) is 0 Å². The zero-order chi connectivity index (χ0) is 22.2. The van der Waals surface area contributed by atoms with Crippen LogP contribution in [-0.4, -0.2) is 30.0 Å². The van der Waals surface area contributed by atoms with Gasteiger partial charge >= 0.3 is 0 Å². The molecule has 8 nitrogen and oxygen atoms in total. The van der Waals surface area contributed by atoms with Crippen molar-refractivity contribution < 1.29 is 14.3 Å². The van der Waals surface area contributed by atoms with Crippen LogP contribution in [0.4, 0.5) is 17.1 Å². The lowest BCUT2D eigenvalue weighted by atomic mass is 10.00. The summed E-state index contributed by atoms with van der Waals surface area (Å²) in [6.07, 6.45) is 1.62. The molecule has 1 atom stereocenters. The van der Waals surface area contributed by atoms with E-state index in [9.17, 15) is 19.5 Å². The lowest BCUT2D eigenvalue weighted by molar-refractivity contribution is 0.0824. The molecular formula is C22H25N3O5. The predicted octanol–water partition coefficient (Wildman–Crippen LogP) is 3.14. The molecule has 1 aromatic heterocycles. The monoisotopic (exact) mass is 411 g/mol. The molecule has 30 heavy (non-hydrogen) atoms. The van der Waals surface area contributed by atoms with Crippen molar-refractivity contribution in [2.45, 2.75) is 26.8 Å². The fourth-order valence-electron chi connectivity index (χ4n) is 3.18. The summed E-state index contributed by atoms with van der Waals surface area (Å²) in [6, 6.07) is 6.15. The number of phenolic OH excluding ortho intramolecular Hbond substituents is 1. The summed E-state index contributed by atoms with van der Waals surface area (Å²) in [6.45, 7) is 5.84.